The predicted octanol–water partition coefficient (Wildman–Crippen LogP) is 4.59. The van der Waals surface area contributed by atoms with Gasteiger partial charge in [-0.2, -0.15) is 0 Å². The number of halogens is 3. The first kappa shape index (κ1) is 22.9. The van der Waals surface area contributed by atoms with Crippen LogP contribution in [0.15, 0.2) is 30.5 Å². The highest BCUT2D eigenvalue weighted by Crippen LogP contribution is 2.46. The first-order valence-corrected chi connectivity index (χ1v) is 10.4. The molecule has 6 nitrogen and oxygen atoms in total. The molecule has 162 valence electrons. The fraction of sp³-hybridized carbons (Fsp3) is 0.429. The SMILES string of the molecule is Cl.O=C(O)CCN1CCC2(CC1)COc1cc(OCc3c(Cl)ccnc3Cl)ccc12. The van der Waals surface area contributed by atoms with Crippen molar-refractivity contribution in [3.63, 3.8) is 0 Å². The van der Waals surface area contributed by atoms with Gasteiger partial charge in [0.15, 0.2) is 0 Å². The van der Waals surface area contributed by atoms with Crippen molar-refractivity contribution in [2.75, 3.05) is 26.2 Å². The molecule has 2 aliphatic heterocycles. The third kappa shape index (κ3) is 4.78. The number of pyridine rings is 1. The molecule has 0 atom stereocenters. The quantitative estimate of drug-likeness (QED) is 0.619. The predicted molar refractivity (Wildman–Crippen MR) is 117 cm³/mol. The van der Waals surface area contributed by atoms with E-state index in [1.54, 1.807) is 12.3 Å². The number of hydrogen-bond acceptors (Lipinski definition) is 5. The van der Waals surface area contributed by atoms with Crippen LogP contribution in [0.4, 0.5) is 0 Å². The number of rotatable bonds is 6. The van der Waals surface area contributed by atoms with Crippen molar-refractivity contribution in [2.45, 2.75) is 31.3 Å². The summed E-state index contributed by atoms with van der Waals surface area (Å²) in [4.78, 5) is 17.0. The van der Waals surface area contributed by atoms with Gasteiger partial charge in [-0.05, 0) is 38.1 Å². The molecule has 0 aliphatic carbocycles. The van der Waals surface area contributed by atoms with Crippen LogP contribution >= 0.6 is 35.6 Å². The molecule has 1 aromatic heterocycles. The highest BCUT2D eigenvalue weighted by molar-refractivity contribution is 6.35. The highest BCUT2D eigenvalue weighted by Gasteiger charge is 2.43. The number of benzene rings is 1. The number of fused-ring (bicyclic) bond motifs is 2. The van der Waals surface area contributed by atoms with Gasteiger partial charge in [0.05, 0.1) is 18.1 Å². The van der Waals surface area contributed by atoms with Gasteiger partial charge in [-0.1, -0.05) is 29.3 Å². The van der Waals surface area contributed by atoms with E-state index in [0.29, 0.717) is 34.6 Å². The number of carboxylic acid groups (broad SMARTS) is 1. The fourth-order valence-electron chi connectivity index (χ4n) is 4.04. The monoisotopic (exact) mass is 472 g/mol. The molecule has 30 heavy (non-hydrogen) atoms. The molecule has 2 aliphatic rings. The molecule has 0 amide bonds. The van der Waals surface area contributed by atoms with Gasteiger partial charge in [0.1, 0.15) is 23.3 Å². The van der Waals surface area contributed by atoms with Crippen LogP contribution in [-0.2, 0) is 16.8 Å². The molecule has 1 N–H and O–H groups in total. The number of piperidine rings is 1. The summed E-state index contributed by atoms with van der Waals surface area (Å²) >= 11 is 12.3. The molecule has 4 rings (SSSR count). The van der Waals surface area contributed by atoms with Crippen LogP contribution in [0.5, 0.6) is 11.5 Å². The normalized spacial score (nSPS) is 17.1. The standard InChI is InChI=1S/C21H22Cl2N2O4.ClH/c22-17-3-7-24-20(23)15(17)12-28-14-1-2-16-18(11-14)29-13-21(16)5-9-25(10-6-21)8-4-19(26)27;/h1-3,7,11H,4-6,8-10,12-13H2,(H,26,27);1H. The number of carbonyl (C=O) groups is 1. The van der Waals surface area contributed by atoms with E-state index in [2.05, 4.69) is 16.0 Å². The fourth-order valence-corrected chi connectivity index (χ4v) is 4.51. The van der Waals surface area contributed by atoms with E-state index in [4.69, 9.17) is 37.8 Å². The zero-order chi connectivity index (χ0) is 20.4. The lowest BCUT2D eigenvalue weighted by Crippen LogP contribution is -2.44. The zero-order valence-corrected chi connectivity index (χ0v) is 18.6. The third-order valence-electron chi connectivity index (χ3n) is 5.81. The second-order valence-electron chi connectivity index (χ2n) is 7.56. The second kappa shape index (κ2) is 9.60. The van der Waals surface area contributed by atoms with E-state index in [0.717, 1.165) is 31.7 Å². The van der Waals surface area contributed by atoms with Crippen molar-refractivity contribution in [3.8, 4) is 11.5 Å². The van der Waals surface area contributed by atoms with Gasteiger partial charge >= 0.3 is 5.97 Å². The molecule has 2 aromatic rings. The van der Waals surface area contributed by atoms with Gasteiger partial charge in [0, 0.05) is 35.3 Å². The lowest BCUT2D eigenvalue weighted by molar-refractivity contribution is -0.137. The van der Waals surface area contributed by atoms with E-state index < -0.39 is 5.97 Å². The molecule has 9 heteroatoms. The summed E-state index contributed by atoms with van der Waals surface area (Å²) in [5.41, 5.74) is 1.87. The second-order valence-corrected chi connectivity index (χ2v) is 8.33. The van der Waals surface area contributed by atoms with Crippen molar-refractivity contribution in [3.05, 3.63) is 51.8 Å². The van der Waals surface area contributed by atoms with Crippen LogP contribution in [0, 0.1) is 0 Å². The van der Waals surface area contributed by atoms with E-state index >= 15 is 0 Å². The van der Waals surface area contributed by atoms with E-state index in [-0.39, 0.29) is 30.8 Å². The van der Waals surface area contributed by atoms with E-state index in [9.17, 15) is 4.79 Å². The Labute approximate surface area is 191 Å². The maximum atomic E-state index is 10.8. The van der Waals surface area contributed by atoms with Crippen LogP contribution in [0.25, 0.3) is 0 Å². The Balaban J connectivity index is 0.00000256. The lowest BCUT2D eigenvalue weighted by atomic mass is 9.74. The molecule has 3 heterocycles. The number of hydrogen-bond donors (Lipinski definition) is 1. The van der Waals surface area contributed by atoms with Gasteiger partial charge < -0.3 is 19.5 Å². The van der Waals surface area contributed by atoms with Crippen molar-refractivity contribution < 1.29 is 19.4 Å². The summed E-state index contributed by atoms with van der Waals surface area (Å²) in [5.74, 6) is 0.793. The molecule has 1 saturated heterocycles. The molecule has 0 saturated carbocycles. The largest absolute Gasteiger partial charge is 0.492 e. The minimum absolute atomic E-state index is 0. The average Bonchev–Trinajstić information content (AvgIpc) is 3.05. The van der Waals surface area contributed by atoms with Crippen LogP contribution in [0.2, 0.25) is 10.2 Å². The van der Waals surface area contributed by atoms with E-state index in [1.807, 2.05) is 12.1 Å². The Hall–Kier alpha value is -1.73. The molecule has 1 spiro atoms. The first-order valence-electron chi connectivity index (χ1n) is 9.60. The number of likely N-dealkylation sites (tertiary alicyclic amines) is 1. The maximum Gasteiger partial charge on any atom is 0.304 e. The summed E-state index contributed by atoms with van der Waals surface area (Å²) in [5, 5.41) is 9.74. The molecular weight excluding hydrogens is 451 g/mol. The average molecular weight is 474 g/mol. The van der Waals surface area contributed by atoms with Crippen molar-refractivity contribution in [2.24, 2.45) is 0 Å². The Kier molecular flexibility index (Phi) is 7.34. The Morgan fingerprint density at radius 1 is 1.27 bits per heavy atom. The maximum absolute atomic E-state index is 10.8. The molecular formula is C21H23Cl3N2O4. The van der Waals surface area contributed by atoms with Gasteiger partial charge in [0.25, 0.3) is 0 Å². The van der Waals surface area contributed by atoms with Crippen LogP contribution in [-0.4, -0.2) is 47.2 Å². The molecule has 1 aromatic carbocycles. The van der Waals surface area contributed by atoms with Crippen LogP contribution in [0.3, 0.4) is 0 Å². The van der Waals surface area contributed by atoms with Gasteiger partial charge in [-0.25, -0.2) is 4.98 Å². The summed E-state index contributed by atoms with van der Waals surface area (Å²) in [6, 6.07) is 7.63. The topological polar surface area (TPSA) is 71.9 Å². The van der Waals surface area contributed by atoms with Crippen molar-refractivity contribution >= 4 is 41.6 Å². The number of aromatic nitrogens is 1. The minimum Gasteiger partial charge on any atom is -0.492 e. The Morgan fingerprint density at radius 3 is 2.73 bits per heavy atom. The van der Waals surface area contributed by atoms with Gasteiger partial charge in [-0.3, -0.25) is 4.79 Å². The highest BCUT2D eigenvalue weighted by atomic mass is 35.5. The first-order chi connectivity index (χ1) is 14.0. The molecule has 0 unspecified atom stereocenters. The van der Waals surface area contributed by atoms with Gasteiger partial charge in [-0.15, -0.1) is 12.4 Å². The number of carboxylic acids is 1. The van der Waals surface area contributed by atoms with Gasteiger partial charge in [0.2, 0.25) is 0 Å². The lowest BCUT2D eigenvalue weighted by Gasteiger charge is -2.38. The van der Waals surface area contributed by atoms with E-state index in [1.165, 1.54) is 5.56 Å². The zero-order valence-electron chi connectivity index (χ0n) is 16.3. The van der Waals surface area contributed by atoms with Crippen LogP contribution < -0.4 is 9.47 Å². The number of nitrogens with zero attached hydrogens (tertiary/aromatic N) is 2. The molecule has 1 fully saturated rings. The molecule has 0 bridgehead atoms. The third-order valence-corrected chi connectivity index (χ3v) is 6.49. The summed E-state index contributed by atoms with van der Waals surface area (Å²) in [7, 11) is 0. The smallest absolute Gasteiger partial charge is 0.304 e. The Bertz CT molecular complexity index is 897. The van der Waals surface area contributed by atoms with Crippen molar-refractivity contribution in [1.29, 1.82) is 0 Å². The molecule has 0 radical (unpaired) electrons. The summed E-state index contributed by atoms with van der Waals surface area (Å²) in [6.07, 6.45) is 3.66. The summed E-state index contributed by atoms with van der Waals surface area (Å²) in [6.45, 7) is 3.25. The van der Waals surface area contributed by atoms with Crippen LogP contribution in [0.1, 0.15) is 30.4 Å². The number of ether oxygens (including phenoxy) is 2. The Morgan fingerprint density at radius 2 is 2.03 bits per heavy atom. The summed E-state index contributed by atoms with van der Waals surface area (Å²) < 4.78 is 11.9. The minimum atomic E-state index is -0.749. The number of aliphatic carboxylic acids is 1. The van der Waals surface area contributed by atoms with Crippen molar-refractivity contribution in [1.82, 2.24) is 9.88 Å².